The van der Waals surface area contributed by atoms with Crippen molar-refractivity contribution in [1.29, 1.82) is 0 Å². The predicted molar refractivity (Wildman–Crippen MR) is 65.6 cm³/mol. The maximum absolute atomic E-state index is 11.0. The van der Waals surface area contributed by atoms with Crippen LogP contribution in [-0.4, -0.2) is 31.0 Å². The third kappa shape index (κ3) is 4.16. The maximum Gasteiger partial charge on any atom is 0.239 e. The number of rotatable bonds is 6. The standard InChI is InChI=1S/C11H18N4O/c1-3-4-14-9-5-10(7-13-6-9)15-8-11(16)12-2/h5-7,14-15H,3-4,8H2,1-2H3,(H,12,16). The monoisotopic (exact) mass is 222 g/mol. The first-order chi connectivity index (χ1) is 7.76. The molecule has 0 bridgehead atoms. The van der Waals surface area contributed by atoms with E-state index in [-0.39, 0.29) is 12.5 Å². The summed E-state index contributed by atoms with van der Waals surface area (Å²) < 4.78 is 0. The van der Waals surface area contributed by atoms with Gasteiger partial charge in [-0.1, -0.05) is 6.92 Å². The number of nitrogens with zero attached hydrogens (tertiary/aromatic N) is 1. The van der Waals surface area contributed by atoms with Crippen molar-refractivity contribution in [3.63, 3.8) is 0 Å². The number of nitrogens with one attached hydrogen (secondary N) is 3. The quantitative estimate of drug-likeness (QED) is 0.673. The van der Waals surface area contributed by atoms with Crippen LogP contribution in [0.15, 0.2) is 18.5 Å². The first kappa shape index (κ1) is 12.3. The maximum atomic E-state index is 11.0. The fraction of sp³-hybridized carbons (Fsp3) is 0.455. The van der Waals surface area contributed by atoms with Crippen LogP contribution in [0.3, 0.4) is 0 Å². The Kier molecular flexibility index (Phi) is 5.11. The van der Waals surface area contributed by atoms with Crippen molar-refractivity contribution < 1.29 is 4.79 Å². The molecule has 0 spiro atoms. The summed E-state index contributed by atoms with van der Waals surface area (Å²) in [4.78, 5) is 15.1. The molecule has 5 nitrogen and oxygen atoms in total. The lowest BCUT2D eigenvalue weighted by Crippen LogP contribution is -2.26. The molecule has 1 heterocycles. The second kappa shape index (κ2) is 6.66. The van der Waals surface area contributed by atoms with E-state index < -0.39 is 0 Å². The minimum atomic E-state index is -0.0491. The minimum Gasteiger partial charge on any atom is -0.384 e. The van der Waals surface area contributed by atoms with Crippen LogP contribution in [0, 0.1) is 0 Å². The highest BCUT2D eigenvalue weighted by Gasteiger charge is 1.99. The summed E-state index contributed by atoms with van der Waals surface area (Å²) in [5.74, 6) is -0.0491. The molecule has 0 atom stereocenters. The molecule has 3 N–H and O–H groups in total. The van der Waals surface area contributed by atoms with E-state index in [4.69, 9.17) is 0 Å². The molecule has 88 valence electrons. The van der Waals surface area contributed by atoms with E-state index in [1.807, 2.05) is 6.07 Å². The molecule has 1 rings (SSSR count). The summed E-state index contributed by atoms with van der Waals surface area (Å²) >= 11 is 0. The van der Waals surface area contributed by atoms with Gasteiger partial charge in [0.15, 0.2) is 0 Å². The topological polar surface area (TPSA) is 66.0 Å². The zero-order chi connectivity index (χ0) is 11.8. The summed E-state index contributed by atoms with van der Waals surface area (Å²) in [6, 6.07) is 1.94. The van der Waals surface area contributed by atoms with Crippen LogP contribution in [0.4, 0.5) is 11.4 Å². The zero-order valence-electron chi connectivity index (χ0n) is 9.71. The van der Waals surface area contributed by atoms with Crippen molar-refractivity contribution in [2.45, 2.75) is 13.3 Å². The molecular formula is C11H18N4O. The summed E-state index contributed by atoms with van der Waals surface area (Å²) in [7, 11) is 1.61. The Morgan fingerprint density at radius 2 is 2.00 bits per heavy atom. The van der Waals surface area contributed by atoms with Gasteiger partial charge in [-0.3, -0.25) is 9.78 Å². The fourth-order valence-corrected chi connectivity index (χ4v) is 1.17. The van der Waals surface area contributed by atoms with Crippen LogP contribution in [0.5, 0.6) is 0 Å². The lowest BCUT2D eigenvalue weighted by Gasteiger charge is -2.08. The van der Waals surface area contributed by atoms with E-state index in [1.54, 1.807) is 19.4 Å². The van der Waals surface area contributed by atoms with Crippen LogP contribution in [0.25, 0.3) is 0 Å². The molecule has 0 aliphatic rings. The molecule has 1 amide bonds. The Labute approximate surface area is 95.7 Å². The van der Waals surface area contributed by atoms with E-state index in [1.165, 1.54) is 0 Å². The first-order valence-electron chi connectivity index (χ1n) is 5.39. The fourth-order valence-electron chi connectivity index (χ4n) is 1.17. The summed E-state index contributed by atoms with van der Waals surface area (Å²) in [6.07, 6.45) is 4.52. The lowest BCUT2D eigenvalue weighted by molar-refractivity contribution is -0.118. The van der Waals surface area contributed by atoms with Crippen LogP contribution in [0.1, 0.15) is 13.3 Å². The highest BCUT2D eigenvalue weighted by molar-refractivity contribution is 5.80. The molecule has 16 heavy (non-hydrogen) atoms. The van der Waals surface area contributed by atoms with E-state index in [2.05, 4.69) is 27.9 Å². The SMILES string of the molecule is CCCNc1cncc(NCC(=O)NC)c1. The summed E-state index contributed by atoms with van der Waals surface area (Å²) in [6.45, 7) is 3.28. The van der Waals surface area contributed by atoms with Gasteiger partial charge in [0.05, 0.1) is 30.3 Å². The van der Waals surface area contributed by atoms with Crippen molar-refractivity contribution in [3.05, 3.63) is 18.5 Å². The van der Waals surface area contributed by atoms with Gasteiger partial charge in [0.1, 0.15) is 0 Å². The number of amides is 1. The summed E-state index contributed by atoms with van der Waals surface area (Å²) in [5, 5.41) is 8.78. The Hall–Kier alpha value is -1.78. The number of carbonyl (C=O) groups excluding carboxylic acids is 1. The van der Waals surface area contributed by atoms with E-state index in [0.29, 0.717) is 0 Å². The largest absolute Gasteiger partial charge is 0.384 e. The van der Waals surface area contributed by atoms with Gasteiger partial charge in [-0.2, -0.15) is 0 Å². The van der Waals surface area contributed by atoms with Gasteiger partial charge in [-0.05, 0) is 12.5 Å². The third-order valence-corrected chi connectivity index (χ3v) is 2.05. The first-order valence-corrected chi connectivity index (χ1v) is 5.39. The second-order valence-corrected chi connectivity index (χ2v) is 3.42. The number of hydrogen-bond donors (Lipinski definition) is 3. The van der Waals surface area contributed by atoms with Crippen LogP contribution in [0.2, 0.25) is 0 Å². The van der Waals surface area contributed by atoms with Crippen molar-refractivity contribution in [1.82, 2.24) is 10.3 Å². The predicted octanol–water partition coefficient (Wildman–Crippen LogP) is 1.06. The molecule has 0 saturated heterocycles. The third-order valence-electron chi connectivity index (χ3n) is 2.05. The zero-order valence-corrected chi connectivity index (χ0v) is 9.71. The molecule has 0 fully saturated rings. The molecule has 0 aliphatic heterocycles. The van der Waals surface area contributed by atoms with Crippen LogP contribution < -0.4 is 16.0 Å². The van der Waals surface area contributed by atoms with Gasteiger partial charge in [-0.25, -0.2) is 0 Å². The van der Waals surface area contributed by atoms with Crippen LogP contribution >= 0.6 is 0 Å². The normalized spacial score (nSPS) is 9.62. The highest BCUT2D eigenvalue weighted by Crippen LogP contribution is 2.12. The lowest BCUT2D eigenvalue weighted by atomic mass is 10.3. The smallest absolute Gasteiger partial charge is 0.239 e. The van der Waals surface area contributed by atoms with Crippen LogP contribution in [-0.2, 0) is 4.79 Å². The average molecular weight is 222 g/mol. The minimum absolute atomic E-state index is 0.0491. The van der Waals surface area contributed by atoms with E-state index >= 15 is 0 Å². The molecule has 1 aromatic rings. The summed E-state index contributed by atoms with van der Waals surface area (Å²) in [5.41, 5.74) is 1.80. The molecule has 5 heteroatoms. The number of carbonyl (C=O) groups is 1. The number of pyridine rings is 1. The van der Waals surface area contributed by atoms with Gasteiger partial charge < -0.3 is 16.0 Å². The van der Waals surface area contributed by atoms with Crippen molar-refractivity contribution in [2.75, 3.05) is 30.8 Å². The average Bonchev–Trinajstić information content (AvgIpc) is 2.34. The van der Waals surface area contributed by atoms with Crippen molar-refractivity contribution in [3.8, 4) is 0 Å². The van der Waals surface area contributed by atoms with Gasteiger partial charge in [0.25, 0.3) is 0 Å². The molecule has 0 aliphatic carbocycles. The number of anilines is 2. The van der Waals surface area contributed by atoms with E-state index in [0.717, 1.165) is 24.3 Å². The van der Waals surface area contributed by atoms with Gasteiger partial charge in [0, 0.05) is 13.6 Å². The molecule has 0 aromatic carbocycles. The van der Waals surface area contributed by atoms with Gasteiger partial charge >= 0.3 is 0 Å². The highest BCUT2D eigenvalue weighted by atomic mass is 16.1. The molecule has 0 unspecified atom stereocenters. The van der Waals surface area contributed by atoms with Gasteiger partial charge in [0.2, 0.25) is 5.91 Å². The Morgan fingerprint density at radius 1 is 1.31 bits per heavy atom. The number of hydrogen-bond acceptors (Lipinski definition) is 4. The number of aromatic nitrogens is 1. The van der Waals surface area contributed by atoms with Gasteiger partial charge in [-0.15, -0.1) is 0 Å². The Morgan fingerprint density at radius 3 is 2.62 bits per heavy atom. The van der Waals surface area contributed by atoms with E-state index in [9.17, 15) is 4.79 Å². The Bertz CT molecular complexity index is 341. The molecule has 0 saturated carbocycles. The van der Waals surface area contributed by atoms with Crippen molar-refractivity contribution >= 4 is 17.3 Å². The molecule has 1 aromatic heterocycles. The molecular weight excluding hydrogens is 204 g/mol. The molecule has 0 radical (unpaired) electrons. The Balaban J connectivity index is 2.50. The number of likely N-dealkylation sites (N-methyl/N-ethyl adjacent to an activating group) is 1. The van der Waals surface area contributed by atoms with Crippen molar-refractivity contribution in [2.24, 2.45) is 0 Å². The second-order valence-electron chi connectivity index (χ2n) is 3.42.